The molecule has 32 heavy (non-hydrogen) atoms. The van der Waals surface area contributed by atoms with Crippen molar-refractivity contribution in [1.82, 2.24) is 19.1 Å². The number of ether oxygens (including phenoxy) is 1. The Morgan fingerprint density at radius 3 is 2.69 bits per heavy atom. The Morgan fingerprint density at radius 1 is 1.16 bits per heavy atom. The maximum atomic E-state index is 12.6. The number of halogens is 1. The summed E-state index contributed by atoms with van der Waals surface area (Å²) >= 11 is 6.15. The third-order valence-corrected chi connectivity index (χ3v) is 6.11. The van der Waals surface area contributed by atoms with Gasteiger partial charge in [-0.05, 0) is 43.7 Å². The van der Waals surface area contributed by atoms with Crippen LogP contribution in [0.25, 0.3) is 5.65 Å². The Hall–Kier alpha value is -2.84. The number of carbonyl (C=O) groups excluding carboxylic acids is 1. The van der Waals surface area contributed by atoms with Crippen molar-refractivity contribution >= 4 is 28.9 Å². The Balaban J connectivity index is 1.44. The van der Waals surface area contributed by atoms with Crippen molar-refractivity contribution in [2.75, 3.05) is 37.7 Å². The van der Waals surface area contributed by atoms with Crippen molar-refractivity contribution in [3.63, 3.8) is 0 Å². The van der Waals surface area contributed by atoms with E-state index in [0.29, 0.717) is 31.6 Å². The Morgan fingerprint density at radius 2 is 1.97 bits per heavy atom. The molecular formula is C23H28ClN5O3. The predicted octanol–water partition coefficient (Wildman–Crippen LogP) is 2.68. The van der Waals surface area contributed by atoms with Crippen LogP contribution in [0.4, 0.5) is 5.69 Å². The summed E-state index contributed by atoms with van der Waals surface area (Å²) in [4.78, 5) is 29.5. The third kappa shape index (κ3) is 5.14. The Kier molecular flexibility index (Phi) is 7.12. The molecule has 1 atom stereocenters. The number of aryl methyl sites for hydroxylation is 1. The Labute approximate surface area is 191 Å². The quantitative estimate of drug-likeness (QED) is 0.484. The van der Waals surface area contributed by atoms with Gasteiger partial charge in [0, 0.05) is 55.7 Å². The predicted molar refractivity (Wildman–Crippen MR) is 124 cm³/mol. The molecule has 1 unspecified atom stereocenters. The molecule has 1 aliphatic heterocycles. The van der Waals surface area contributed by atoms with Crippen LogP contribution in [-0.2, 0) is 16.1 Å². The summed E-state index contributed by atoms with van der Waals surface area (Å²) in [5.74, 6) is -0.211. The molecule has 0 amide bonds. The molecule has 0 spiro atoms. The van der Waals surface area contributed by atoms with Crippen LogP contribution in [0.5, 0.6) is 0 Å². The molecule has 2 aromatic heterocycles. The first-order valence-electron chi connectivity index (χ1n) is 11.0. The highest BCUT2D eigenvalue weighted by atomic mass is 35.5. The average molecular weight is 458 g/mol. The number of rotatable bonds is 8. The molecule has 8 nitrogen and oxygen atoms in total. The van der Waals surface area contributed by atoms with Crippen molar-refractivity contribution in [2.45, 2.75) is 32.4 Å². The molecule has 0 N–H and O–H groups in total. The van der Waals surface area contributed by atoms with Crippen LogP contribution in [0.1, 0.15) is 19.8 Å². The van der Waals surface area contributed by atoms with Gasteiger partial charge >= 0.3 is 11.7 Å². The van der Waals surface area contributed by atoms with Gasteiger partial charge in [-0.25, -0.2) is 9.48 Å². The summed E-state index contributed by atoms with van der Waals surface area (Å²) in [7, 11) is 0. The van der Waals surface area contributed by atoms with Crippen molar-refractivity contribution in [3.8, 4) is 0 Å². The number of carbonyl (C=O) groups is 1. The molecule has 1 fully saturated rings. The highest BCUT2D eigenvalue weighted by Crippen LogP contribution is 2.22. The van der Waals surface area contributed by atoms with Crippen molar-refractivity contribution in [1.29, 1.82) is 0 Å². The van der Waals surface area contributed by atoms with E-state index in [2.05, 4.69) is 21.0 Å². The van der Waals surface area contributed by atoms with Crippen LogP contribution >= 0.6 is 11.6 Å². The molecule has 1 aromatic carbocycles. The monoisotopic (exact) mass is 457 g/mol. The highest BCUT2D eigenvalue weighted by molar-refractivity contribution is 6.30. The van der Waals surface area contributed by atoms with Crippen LogP contribution in [0.2, 0.25) is 5.02 Å². The van der Waals surface area contributed by atoms with Gasteiger partial charge in [-0.3, -0.25) is 14.1 Å². The van der Waals surface area contributed by atoms with Gasteiger partial charge in [-0.2, -0.15) is 0 Å². The lowest BCUT2D eigenvalue weighted by Gasteiger charge is -2.40. The molecule has 0 radical (unpaired) electrons. The molecule has 9 heteroatoms. The summed E-state index contributed by atoms with van der Waals surface area (Å²) in [5.41, 5.74) is 1.56. The maximum absolute atomic E-state index is 12.6. The number of pyridine rings is 1. The SMILES string of the molecule is CCOC(=O)CC(CCn1nc2ccccn2c1=O)N1CCN(c2cccc(Cl)c2)CC1. The lowest BCUT2D eigenvalue weighted by atomic mass is 10.1. The molecule has 170 valence electrons. The number of nitrogens with zero attached hydrogens (tertiary/aromatic N) is 5. The summed E-state index contributed by atoms with van der Waals surface area (Å²) in [6.45, 7) is 5.93. The second-order valence-electron chi connectivity index (χ2n) is 7.89. The second-order valence-corrected chi connectivity index (χ2v) is 8.33. The molecule has 0 bridgehead atoms. The molecular weight excluding hydrogens is 430 g/mol. The zero-order valence-electron chi connectivity index (χ0n) is 18.2. The first-order valence-corrected chi connectivity index (χ1v) is 11.4. The first-order chi connectivity index (χ1) is 15.5. The van der Waals surface area contributed by atoms with E-state index in [4.69, 9.17) is 16.3 Å². The number of piperazine rings is 1. The van der Waals surface area contributed by atoms with Crippen molar-refractivity contribution < 1.29 is 9.53 Å². The van der Waals surface area contributed by atoms with Gasteiger partial charge in [-0.15, -0.1) is 5.10 Å². The lowest BCUT2D eigenvalue weighted by molar-refractivity contribution is -0.144. The van der Waals surface area contributed by atoms with E-state index < -0.39 is 0 Å². The number of fused-ring (bicyclic) bond motifs is 1. The minimum absolute atomic E-state index is 0.0210. The van der Waals surface area contributed by atoms with E-state index >= 15 is 0 Å². The van der Waals surface area contributed by atoms with Crippen LogP contribution in [0.3, 0.4) is 0 Å². The minimum atomic E-state index is -0.211. The normalized spacial score (nSPS) is 15.8. The highest BCUT2D eigenvalue weighted by Gasteiger charge is 2.27. The zero-order chi connectivity index (χ0) is 22.5. The largest absolute Gasteiger partial charge is 0.466 e. The zero-order valence-corrected chi connectivity index (χ0v) is 18.9. The van der Waals surface area contributed by atoms with Gasteiger partial charge in [0.25, 0.3) is 0 Å². The van der Waals surface area contributed by atoms with E-state index in [1.165, 1.54) is 9.08 Å². The van der Waals surface area contributed by atoms with Gasteiger partial charge in [0.15, 0.2) is 5.65 Å². The molecule has 0 aliphatic carbocycles. The first kappa shape index (κ1) is 22.4. The standard InChI is InChI=1S/C23H28ClN5O3/c1-2-32-22(30)17-20(9-11-29-23(31)28-10-4-3-8-21(28)25-29)27-14-12-26(13-15-27)19-7-5-6-18(24)16-19/h3-8,10,16,20H,2,9,11-15,17H2,1H3. The van der Waals surface area contributed by atoms with Crippen LogP contribution in [0.15, 0.2) is 53.5 Å². The van der Waals surface area contributed by atoms with E-state index in [9.17, 15) is 9.59 Å². The van der Waals surface area contributed by atoms with Crippen LogP contribution in [-0.4, -0.2) is 63.9 Å². The van der Waals surface area contributed by atoms with Gasteiger partial charge < -0.3 is 9.64 Å². The number of hydrogen-bond acceptors (Lipinski definition) is 6. The Bertz CT molecular complexity index is 1120. The molecule has 4 rings (SSSR count). The summed E-state index contributed by atoms with van der Waals surface area (Å²) in [6.07, 6.45) is 2.65. The van der Waals surface area contributed by atoms with Gasteiger partial charge in [0.05, 0.1) is 13.0 Å². The number of esters is 1. The van der Waals surface area contributed by atoms with Crippen molar-refractivity contribution in [3.05, 3.63) is 64.2 Å². The molecule has 0 saturated carbocycles. The average Bonchev–Trinajstić information content (AvgIpc) is 3.12. The van der Waals surface area contributed by atoms with E-state index in [-0.39, 0.29) is 17.7 Å². The van der Waals surface area contributed by atoms with Crippen molar-refractivity contribution in [2.24, 2.45) is 0 Å². The number of hydrogen-bond donors (Lipinski definition) is 0. The molecule has 1 saturated heterocycles. The fraction of sp³-hybridized carbons (Fsp3) is 0.435. The van der Waals surface area contributed by atoms with Gasteiger partial charge in [-0.1, -0.05) is 23.7 Å². The molecule has 3 heterocycles. The van der Waals surface area contributed by atoms with Crippen LogP contribution < -0.4 is 10.6 Å². The summed E-state index contributed by atoms with van der Waals surface area (Å²) < 4.78 is 8.23. The van der Waals surface area contributed by atoms with Gasteiger partial charge in [0.1, 0.15) is 0 Å². The third-order valence-electron chi connectivity index (χ3n) is 5.87. The fourth-order valence-electron chi connectivity index (χ4n) is 4.23. The molecule has 1 aliphatic rings. The summed E-state index contributed by atoms with van der Waals surface area (Å²) in [5, 5.41) is 5.14. The lowest BCUT2D eigenvalue weighted by Crippen LogP contribution is -2.51. The van der Waals surface area contributed by atoms with Crippen LogP contribution in [0, 0.1) is 0 Å². The van der Waals surface area contributed by atoms with E-state index in [0.717, 1.165) is 36.9 Å². The van der Waals surface area contributed by atoms with E-state index in [1.54, 1.807) is 6.20 Å². The second kappa shape index (κ2) is 10.2. The summed E-state index contributed by atoms with van der Waals surface area (Å²) in [6, 6.07) is 13.3. The maximum Gasteiger partial charge on any atom is 0.350 e. The smallest absolute Gasteiger partial charge is 0.350 e. The minimum Gasteiger partial charge on any atom is -0.466 e. The number of anilines is 1. The van der Waals surface area contributed by atoms with E-state index in [1.807, 2.05) is 43.3 Å². The van der Waals surface area contributed by atoms with Gasteiger partial charge in [0.2, 0.25) is 0 Å². The number of aromatic nitrogens is 3. The number of benzene rings is 1. The topological polar surface area (TPSA) is 72.1 Å². The molecule has 3 aromatic rings. The fourth-order valence-corrected chi connectivity index (χ4v) is 4.41.